The van der Waals surface area contributed by atoms with Crippen LogP contribution in [0.2, 0.25) is 0 Å². The minimum absolute atomic E-state index is 0.120. The summed E-state index contributed by atoms with van der Waals surface area (Å²) in [6.07, 6.45) is 3.63. The molecule has 2 aromatic rings. The summed E-state index contributed by atoms with van der Waals surface area (Å²) in [6.45, 7) is 5.08. The van der Waals surface area contributed by atoms with Gasteiger partial charge < -0.3 is 15.0 Å². The second-order valence-corrected chi connectivity index (χ2v) is 8.37. The van der Waals surface area contributed by atoms with Gasteiger partial charge in [0.15, 0.2) is 0 Å². The van der Waals surface area contributed by atoms with E-state index in [-0.39, 0.29) is 11.9 Å². The van der Waals surface area contributed by atoms with Crippen molar-refractivity contribution in [3.05, 3.63) is 65.2 Å². The van der Waals surface area contributed by atoms with Gasteiger partial charge in [-0.25, -0.2) is 0 Å². The summed E-state index contributed by atoms with van der Waals surface area (Å²) in [7, 11) is 2.17. The van der Waals surface area contributed by atoms with Crippen LogP contribution in [0, 0.1) is 0 Å². The van der Waals surface area contributed by atoms with Gasteiger partial charge in [-0.05, 0) is 42.0 Å². The molecule has 1 atom stereocenters. The molecule has 0 radical (unpaired) electrons. The molecule has 0 bridgehead atoms. The number of benzene rings is 2. The van der Waals surface area contributed by atoms with Crippen molar-refractivity contribution in [1.82, 2.24) is 10.2 Å². The van der Waals surface area contributed by atoms with E-state index in [0.29, 0.717) is 13.0 Å². The highest BCUT2D eigenvalue weighted by molar-refractivity contribution is 5.76. The molecule has 1 amide bonds. The van der Waals surface area contributed by atoms with Gasteiger partial charge in [0.1, 0.15) is 0 Å². The van der Waals surface area contributed by atoms with Crippen LogP contribution < -0.4 is 10.2 Å². The molecule has 5 nitrogen and oxygen atoms in total. The van der Waals surface area contributed by atoms with Crippen molar-refractivity contribution in [3.8, 4) is 0 Å². The Balaban J connectivity index is 1.43. The molecule has 30 heavy (non-hydrogen) atoms. The SMILES string of the molecule is CN1CCCc2cc([C@@H](CNC(=O)CCc3ccccc3)N3CCOCC3)ccc21. The lowest BCUT2D eigenvalue weighted by atomic mass is 9.95. The maximum Gasteiger partial charge on any atom is 0.220 e. The summed E-state index contributed by atoms with van der Waals surface area (Å²) in [5.74, 6) is 0.120. The number of fused-ring (bicyclic) bond motifs is 1. The van der Waals surface area contributed by atoms with Crippen LogP contribution in [0.15, 0.2) is 48.5 Å². The number of ether oxygens (including phenoxy) is 1. The van der Waals surface area contributed by atoms with Crippen LogP contribution in [0.5, 0.6) is 0 Å². The number of nitrogens with one attached hydrogen (secondary N) is 1. The fourth-order valence-corrected chi connectivity index (χ4v) is 4.56. The standard InChI is InChI=1S/C25H33N3O2/c1-27-13-5-8-21-18-22(10-11-23(21)27)24(28-14-16-30-17-15-28)19-26-25(29)12-9-20-6-3-2-4-7-20/h2-4,6-7,10-11,18,24H,5,8-9,12-17,19H2,1H3,(H,26,29)/t24-/m1/s1. The number of rotatable bonds is 7. The summed E-state index contributed by atoms with van der Waals surface area (Å²) in [5.41, 5.74) is 5.28. The molecule has 0 unspecified atom stereocenters. The Kier molecular flexibility index (Phi) is 7.03. The van der Waals surface area contributed by atoms with Crippen LogP contribution in [-0.2, 0) is 22.4 Å². The van der Waals surface area contributed by atoms with E-state index in [2.05, 4.69) is 52.5 Å². The third-order valence-corrected chi connectivity index (χ3v) is 6.30. The number of hydrogen-bond donors (Lipinski definition) is 1. The van der Waals surface area contributed by atoms with Crippen molar-refractivity contribution >= 4 is 11.6 Å². The Morgan fingerprint density at radius 3 is 2.70 bits per heavy atom. The molecular weight excluding hydrogens is 374 g/mol. The van der Waals surface area contributed by atoms with Crippen LogP contribution in [-0.4, -0.2) is 57.2 Å². The zero-order valence-electron chi connectivity index (χ0n) is 18.0. The Bertz CT molecular complexity index is 834. The number of amides is 1. The van der Waals surface area contributed by atoms with Gasteiger partial charge in [-0.1, -0.05) is 42.5 Å². The van der Waals surface area contributed by atoms with Crippen molar-refractivity contribution < 1.29 is 9.53 Å². The zero-order valence-corrected chi connectivity index (χ0v) is 18.0. The molecule has 160 valence electrons. The van der Waals surface area contributed by atoms with Gasteiger partial charge in [0.05, 0.1) is 19.3 Å². The molecule has 2 aliphatic heterocycles. The smallest absolute Gasteiger partial charge is 0.220 e. The quantitative estimate of drug-likeness (QED) is 0.766. The molecule has 0 spiro atoms. The van der Waals surface area contributed by atoms with Crippen molar-refractivity contribution in [1.29, 1.82) is 0 Å². The molecule has 1 N–H and O–H groups in total. The number of carbonyl (C=O) groups is 1. The first kappa shape index (κ1) is 20.9. The maximum absolute atomic E-state index is 12.5. The predicted octanol–water partition coefficient (Wildman–Crippen LogP) is 3.19. The first-order valence-corrected chi connectivity index (χ1v) is 11.2. The molecule has 5 heteroatoms. The lowest BCUT2D eigenvalue weighted by Gasteiger charge is -2.36. The van der Waals surface area contributed by atoms with E-state index in [1.54, 1.807) is 0 Å². The van der Waals surface area contributed by atoms with Crippen molar-refractivity contribution in [3.63, 3.8) is 0 Å². The summed E-state index contributed by atoms with van der Waals surface area (Å²) in [5, 5.41) is 3.21. The fraction of sp³-hybridized carbons (Fsp3) is 0.480. The lowest BCUT2D eigenvalue weighted by Crippen LogP contribution is -2.44. The van der Waals surface area contributed by atoms with E-state index in [1.165, 1.54) is 28.8 Å². The number of morpholine rings is 1. The highest BCUT2D eigenvalue weighted by Gasteiger charge is 2.25. The van der Waals surface area contributed by atoms with Gasteiger partial charge in [-0.3, -0.25) is 9.69 Å². The maximum atomic E-state index is 12.5. The molecule has 0 aromatic heterocycles. The molecule has 4 rings (SSSR count). The zero-order chi connectivity index (χ0) is 20.8. The van der Waals surface area contributed by atoms with Crippen molar-refractivity contribution in [2.45, 2.75) is 31.7 Å². The molecule has 1 fully saturated rings. The van der Waals surface area contributed by atoms with Gasteiger partial charge in [0, 0.05) is 45.3 Å². The van der Waals surface area contributed by atoms with Crippen LogP contribution in [0.3, 0.4) is 0 Å². The van der Waals surface area contributed by atoms with Crippen LogP contribution in [0.25, 0.3) is 0 Å². The first-order chi connectivity index (χ1) is 14.7. The summed E-state index contributed by atoms with van der Waals surface area (Å²) in [6, 6.07) is 17.3. The van der Waals surface area contributed by atoms with Gasteiger partial charge >= 0.3 is 0 Å². The van der Waals surface area contributed by atoms with Gasteiger partial charge in [-0.15, -0.1) is 0 Å². The number of nitrogens with zero attached hydrogens (tertiary/aromatic N) is 2. The third-order valence-electron chi connectivity index (χ3n) is 6.30. The first-order valence-electron chi connectivity index (χ1n) is 11.2. The van der Waals surface area contributed by atoms with Crippen LogP contribution in [0.4, 0.5) is 5.69 Å². The Morgan fingerprint density at radius 1 is 1.10 bits per heavy atom. The average molecular weight is 408 g/mol. The minimum atomic E-state index is 0.120. The molecule has 2 aromatic carbocycles. The topological polar surface area (TPSA) is 44.8 Å². The monoisotopic (exact) mass is 407 g/mol. The van der Waals surface area contributed by atoms with Crippen molar-refractivity contribution in [2.24, 2.45) is 0 Å². The van der Waals surface area contributed by atoms with E-state index in [9.17, 15) is 4.79 Å². The van der Waals surface area contributed by atoms with Gasteiger partial charge in [0.2, 0.25) is 5.91 Å². The van der Waals surface area contributed by atoms with E-state index in [0.717, 1.165) is 45.7 Å². The molecule has 0 aliphatic carbocycles. The Hall–Kier alpha value is -2.37. The molecular formula is C25H33N3O2. The molecule has 1 saturated heterocycles. The van der Waals surface area contributed by atoms with E-state index < -0.39 is 0 Å². The van der Waals surface area contributed by atoms with Crippen molar-refractivity contribution in [2.75, 3.05) is 51.3 Å². The van der Waals surface area contributed by atoms with E-state index >= 15 is 0 Å². The second kappa shape index (κ2) is 10.1. The predicted molar refractivity (Wildman–Crippen MR) is 121 cm³/mol. The molecule has 0 saturated carbocycles. The van der Waals surface area contributed by atoms with Gasteiger partial charge in [-0.2, -0.15) is 0 Å². The second-order valence-electron chi connectivity index (χ2n) is 8.37. The lowest BCUT2D eigenvalue weighted by molar-refractivity contribution is -0.121. The highest BCUT2D eigenvalue weighted by atomic mass is 16.5. The molecule has 2 heterocycles. The van der Waals surface area contributed by atoms with Crippen LogP contribution in [0.1, 0.15) is 35.6 Å². The summed E-state index contributed by atoms with van der Waals surface area (Å²) < 4.78 is 5.57. The fourth-order valence-electron chi connectivity index (χ4n) is 4.56. The third kappa shape index (κ3) is 5.21. The van der Waals surface area contributed by atoms with Gasteiger partial charge in [0.25, 0.3) is 0 Å². The highest BCUT2D eigenvalue weighted by Crippen LogP contribution is 2.30. The number of aryl methyl sites for hydroxylation is 2. The molecule has 2 aliphatic rings. The Morgan fingerprint density at radius 2 is 1.90 bits per heavy atom. The number of hydrogen-bond acceptors (Lipinski definition) is 4. The van der Waals surface area contributed by atoms with E-state index in [4.69, 9.17) is 4.74 Å². The van der Waals surface area contributed by atoms with E-state index in [1.807, 2.05) is 18.2 Å². The number of anilines is 1. The average Bonchev–Trinajstić information content (AvgIpc) is 2.79. The largest absolute Gasteiger partial charge is 0.379 e. The Labute approximate surface area is 180 Å². The summed E-state index contributed by atoms with van der Waals surface area (Å²) in [4.78, 5) is 17.3. The summed E-state index contributed by atoms with van der Waals surface area (Å²) >= 11 is 0. The normalized spacial score (nSPS) is 18.0. The van der Waals surface area contributed by atoms with Crippen LogP contribution >= 0.6 is 0 Å². The number of carbonyl (C=O) groups excluding carboxylic acids is 1. The minimum Gasteiger partial charge on any atom is -0.379 e.